The summed E-state index contributed by atoms with van der Waals surface area (Å²) < 4.78 is 38.0. The highest BCUT2D eigenvalue weighted by atomic mass is 19.4. The van der Waals surface area contributed by atoms with E-state index in [2.05, 4.69) is 10.3 Å². The molecule has 2 heterocycles. The van der Waals surface area contributed by atoms with Crippen molar-refractivity contribution in [2.75, 3.05) is 43.4 Å². The van der Waals surface area contributed by atoms with Gasteiger partial charge in [0, 0.05) is 24.7 Å². The van der Waals surface area contributed by atoms with Crippen molar-refractivity contribution in [3.8, 4) is 0 Å². The van der Waals surface area contributed by atoms with E-state index in [0.29, 0.717) is 37.7 Å². The van der Waals surface area contributed by atoms with E-state index in [-0.39, 0.29) is 17.2 Å². The van der Waals surface area contributed by atoms with Crippen LogP contribution in [-0.4, -0.2) is 49.0 Å². The van der Waals surface area contributed by atoms with Gasteiger partial charge in [-0.2, -0.15) is 13.2 Å². The van der Waals surface area contributed by atoms with Gasteiger partial charge in [0.25, 0.3) is 17.4 Å². The summed E-state index contributed by atoms with van der Waals surface area (Å²) in [5.74, 6) is 0.200. The number of rotatable bonds is 4. The molecular weight excluding hydrogens is 391 g/mol. The highest BCUT2D eigenvalue weighted by Gasteiger charge is 2.33. The molecule has 0 saturated carbocycles. The Balaban J connectivity index is 1.67. The number of nitrogens with zero attached hydrogens (tertiary/aromatic N) is 3. The van der Waals surface area contributed by atoms with Crippen LogP contribution < -0.4 is 15.2 Å². The number of anilines is 2. The third-order valence-corrected chi connectivity index (χ3v) is 4.74. The zero-order valence-electron chi connectivity index (χ0n) is 15.5. The maximum absolute atomic E-state index is 12.7. The largest absolute Gasteiger partial charge is 0.419 e. The van der Waals surface area contributed by atoms with Crippen molar-refractivity contribution in [2.45, 2.75) is 6.18 Å². The maximum atomic E-state index is 12.7. The van der Waals surface area contributed by atoms with Crippen molar-refractivity contribution < 1.29 is 27.9 Å². The van der Waals surface area contributed by atoms with E-state index in [9.17, 15) is 28.1 Å². The number of aromatic nitrogens is 1. The summed E-state index contributed by atoms with van der Waals surface area (Å²) in [5, 5.41) is 13.9. The number of pyridine rings is 1. The summed E-state index contributed by atoms with van der Waals surface area (Å²) in [6, 6.07) is 6.62. The Labute approximate surface area is 164 Å². The molecule has 29 heavy (non-hydrogen) atoms. The molecule has 3 rings (SSSR count). The van der Waals surface area contributed by atoms with Gasteiger partial charge in [-0.25, -0.2) is 4.98 Å². The van der Waals surface area contributed by atoms with E-state index in [1.165, 1.54) is 24.3 Å². The number of nitro groups is 1. The van der Waals surface area contributed by atoms with Crippen LogP contribution in [0, 0.1) is 10.1 Å². The molecule has 0 bridgehead atoms. The van der Waals surface area contributed by atoms with E-state index in [1.807, 2.05) is 4.90 Å². The van der Waals surface area contributed by atoms with Gasteiger partial charge in [0.2, 0.25) is 0 Å². The lowest BCUT2D eigenvalue weighted by atomic mass is 10.1. The van der Waals surface area contributed by atoms with E-state index in [0.717, 1.165) is 12.3 Å². The quantitative estimate of drug-likeness (QED) is 0.617. The Bertz CT molecular complexity index is 910. The average Bonchev–Trinajstić information content (AvgIpc) is 2.72. The Morgan fingerprint density at radius 1 is 1.17 bits per heavy atom. The molecule has 154 valence electrons. The molecule has 1 saturated heterocycles. The van der Waals surface area contributed by atoms with Crippen molar-refractivity contribution in [1.29, 1.82) is 0 Å². The monoisotopic (exact) mass is 410 g/mol. The molecule has 1 aliphatic heterocycles. The first kappa shape index (κ1) is 20.4. The molecule has 1 aromatic carbocycles. The molecule has 1 aromatic heterocycles. The van der Waals surface area contributed by atoms with Gasteiger partial charge >= 0.3 is 6.18 Å². The zero-order chi connectivity index (χ0) is 21.2. The topological polar surface area (TPSA) is 92.9 Å². The first-order valence-corrected chi connectivity index (χ1v) is 8.80. The Morgan fingerprint density at radius 3 is 2.38 bits per heavy atom. The van der Waals surface area contributed by atoms with Gasteiger partial charge in [0.15, 0.2) is 0 Å². The number of benzene rings is 1. The molecule has 8 nitrogen and oxygen atoms in total. The number of alkyl halides is 3. The van der Waals surface area contributed by atoms with Crippen molar-refractivity contribution in [3.63, 3.8) is 0 Å². The second-order valence-electron chi connectivity index (χ2n) is 6.48. The smallest absolute Gasteiger partial charge is 0.383 e. The number of carbonyl (C=O) groups is 1. The molecule has 1 aliphatic rings. The fourth-order valence-corrected chi connectivity index (χ4v) is 3.15. The minimum atomic E-state index is -4.41. The minimum absolute atomic E-state index is 0.184. The standard InChI is InChI=1S/C18H18F3N5O3/c1-22-14-4-2-12(10-15(14)26(28)29)17(27)25-8-6-24(7-9-25)16-5-3-13(11-23-16)18(19,20)21/h2-5,10-11,22H,6-9H2,1H3/p+1. The van der Waals surface area contributed by atoms with E-state index >= 15 is 0 Å². The fourth-order valence-electron chi connectivity index (χ4n) is 3.15. The SMILES string of the molecule is CNc1ccc(C(=O)N2CCN(c3ccc(C(F)(F)F)c[nH+]3)CC2)cc1[N+](=O)[O-]. The van der Waals surface area contributed by atoms with Crippen LogP contribution in [-0.2, 0) is 6.18 Å². The number of halogens is 3. The first-order chi connectivity index (χ1) is 13.7. The predicted molar refractivity (Wildman–Crippen MR) is 98.8 cm³/mol. The molecule has 1 amide bonds. The number of nitrogens with one attached hydrogen (secondary N) is 2. The third kappa shape index (κ3) is 4.39. The van der Waals surface area contributed by atoms with Crippen molar-refractivity contribution in [2.24, 2.45) is 0 Å². The van der Waals surface area contributed by atoms with Crippen LogP contribution in [0.3, 0.4) is 0 Å². The highest BCUT2D eigenvalue weighted by molar-refractivity contribution is 5.96. The predicted octanol–water partition coefficient (Wildman–Crippen LogP) is 2.43. The second kappa shape index (κ2) is 7.94. The van der Waals surface area contributed by atoms with Gasteiger partial charge in [0.05, 0.1) is 23.6 Å². The second-order valence-corrected chi connectivity index (χ2v) is 6.48. The zero-order valence-corrected chi connectivity index (χ0v) is 15.5. The minimum Gasteiger partial charge on any atom is -0.383 e. The number of aromatic amines is 1. The van der Waals surface area contributed by atoms with E-state index in [1.54, 1.807) is 11.9 Å². The lowest BCUT2D eigenvalue weighted by molar-refractivity contribution is -0.384. The van der Waals surface area contributed by atoms with Gasteiger partial charge < -0.3 is 10.2 Å². The van der Waals surface area contributed by atoms with Gasteiger partial charge in [0.1, 0.15) is 25.0 Å². The molecule has 2 aromatic rings. The van der Waals surface area contributed by atoms with E-state index < -0.39 is 16.7 Å². The Hall–Kier alpha value is -3.37. The molecule has 0 atom stereocenters. The van der Waals surface area contributed by atoms with E-state index in [4.69, 9.17) is 0 Å². The molecule has 0 aliphatic carbocycles. The van der Waals surface area contributed by atoms with Gasteiger partial charge in [-0.15, -0.1) is 0 Å². The average molecular weight is 410 g/mol. The summed E-state index contributed by atoms with van der Waals surface area (Å²) in [5.41, 5.74) is -0.419. The molecule has 1 fully saturated rings. The summed E-state index contributed by atoms with van der Waals surface area (Å²) in [6.45, 7) is 1.53. The number of nitro benzene ring substituents is 1. The van der Waals surface area contributed by atoms with Crippen LogP contribution in [0.25, 0.3) is 0 Å². The molecule has 0 radical (unpaired) electrons. The fraction of sp³-hybridized carbons (Fsp3) is 0.333. The van der Waals surface area contributed by atoms with Crippen LogP contribution in [0.4, 0.5) is 30.4 Å². The summed E-state index contributed by atoms with van der Waals surface area (Å²) in [7, 11) is 1.56. The van der Waals surface area contributed by atoms with Gasteiger partial charge in [-0.3, -0.25) is 19.8 Å². The number of piperazine rings is 1. The van der Waals surface area contributed by atoms with Crippen LogP contribution >= 0.6 is 0 Å². The normalized spacial score (nSPS) is 14.6. The number of H-pyrrole nitrogens is 1. The lowest BCUT2D eigenvalue weighted by Gasteiger charge is -2.31. The van der Waals surface area contributed by atoms with Crippen LogP contribution in [0.5, 0.6) is 0 Å². The summed E-state index contributed by atoms with van der Waals surface area (Å²) >= 11 is 0. The number of amides is 1. The Kier molecular flexibility index (Phi) is 5.57. The van der Waals surface area contributed by atoms with Crippen LogP contribution in [0.15, 0.2) is 36.5 Å². The number of carbonyl (C=O) groups excluding carboxylic acids is 1. The Morgan fingerprint density at radius 2 is 1.86 bits per heavy atom. The molecule has 0 spiro atoms. The van der Waals surface area contributed by atoms with Crippen LogP contribution in [0.1, 0.15) is 15.9 Å². The van der Waals surface area contributed by atoms with Gasteiger partial charge in [-0.05, 0) is 18.2 Å². The third-order valence-electron chi connectivity index (χ3n) is 4.74. The summed E-state index contributed by atoms with van der Waals surface area (Å²) in [6.07, 6.45) is -3.50. The summed E-state index contributed by atoms with van der Waals surface area (Å²) in [4.78, 5) is 29.4. The molecule has 0 unspecified atom stereocenters. The van der Waals surface area contributed by atoms with Crippen molar-refractivity contribution in [3.05, 3.63) is 57.8 Å². The molecule has 2 N–H and O–H groups in total. The lowest BCUT2D eigenvalue weighted by Crippen LogP contribution is -2.50. The molecule has 11 heteroatoms. The van der Waals surface area contributed by atoms with Gasteiger partial charge in [-0.1, -0.05) is 0 Å². The first-order valence-electron chi connectivity index (χ1n) is 8.80. The number of hydrogen-bond acceptors (Lipinski definition) is 5. The van der Waals surface area contributed by atoms with Crippen LogP contribution in [0.2, 0.25) is 0 Å². The highest BCUT2D eigenvalue weighted by Crippen LogP contribution is 2.29. The maximum Gasteiger partial charge on any atom is 0.419 e. The molecular formula is C18H19F3N5O3+. The van der Waals surface area contributed by atoms with Crippen molar-refractivity contribution >= 4 is 23.1 Å². The van der Waals surface area contributed by atoms with Crippen molar-refractivity contribution in [1.82, 2.24) is 4.90 Å². The number of hydrogen-bond donors (Lipinski definition) is 1.